The first-order chi connectivity index (χ1) is 7.31. The molecule has 2 bridgehead atoms. The smallest absolute Gasteiger partial charge is 0.0111 e. The van der Waals surface area contributed by atoms with E-state index in [0.29, 0.717) is 0 Å². The summed E-state index contributed by atoms with van der Waals surface area (Å²) in [6, 6.07) is 2.56. The lowest BCUT2D eigenvalue weighted by Gasteiger charge is -2.36. The van der Waals surface area contributed by atoms with E-state index < -0.39 is 0 Å². The average Bonchev–Trinajstić information content (AvgIpc) is 2.50. The predicted molar refractivity (Wildman–Crippen MR) is 68.6 cm³/mol. The van der Waals surface area contributed by atoms with Crippen LogP contribution in [0, 0.1) is 0 Å². The fraction of sp³-hybridized carbons (Fsp3) is 1.00. The molecular weight excluding hydrogens is 204 g/mol. The van der Waals surface area contributed by atoms with Crippen molar-refractivity contribution < 1.29 is 0 Å². The number of thioether (sulfide) groups is 1. The Morgan fingerprint density at radius 1 is 1.27 bits per heavy atom. The highest BCUT2D eigenvalue weighted by molar-refractivity contribution is 7.98. The number of rotatable bonds is 5. The van der Waals surface area contributed by atoms with Gasteiger partial charge in [-0.3, -0.25) is 0 Å². The third-order valence-corrected chi connectivity index (χ3v) is 4.75. The van der Waals surface area contributed by atoms with Gasteiger partial charge < -0.3 is 10.2 Å². The first-order valence-corrected chi connectivity index (χ1v) is 7.65. The molecule has 2 aliphatic rings. The third kappa shape index (κ3) is 2.89. The van der Waals surface area contributed by atoms with Crippen LogP contribution in [0.3, 0.4) is 0 Å². The first kappa shape index (κ1) is 11.7. The van der Waals surface area contributed by atoms with Gasteiger partial charge >= 0.3 is 0 Å². The van der Waals surface area contributed by atoms with Gasteiger partial charge in [-0.05, 0) is 57.7 Å². The number of nitrogens with one attached hydrogen (secondary N) is 1. The quantitative estimate of drug-likeness (QED) is 0.724. The highest BCUT2D eigenvalue weighted by Gasteiger charge is 2.37. The summed E-state index contributed by atoms with van der Waals surface area (Å²) >= 11 is 1.95. The van der Waals surface area contributed by atoms with E-state index in [1.165, 1.54) is 44.4 Å². The van der Waals surface area contributed by atoms with Crippen molar-refractivity contribution in [1.82, 2.24) is 10.2 Å². The highest BCUT2D eigenvalue weighted by Crippen LogP contribution is 2.34. The summed E-state index contributed by atoms with van der Waals surface area (Å²) in [5, 5.41) is 3.74. The minimum Gasteiger partial charge on any atom is -0.314 e. The van der Waals surface area contributed by atoms with Crippen molar-refractivity contribution in [1.29, 1.82) is 0 Å². The zero-order valence-electron chi connectivity index (χ0n) is 10.0. The molecule has 2 aliphatic heterocycles. The van der Waals surface area contributed by atoms with Gasteiger partial charge in [-0.25, -0.2) is 0 Å². The van der Waals surface area contributed by atoms with E-state index in [-0.39, 0.29) is 0 Å². The summed E-state index contributed by atoms with van der Waals surface area (Å²) in [6.07, 6.45) is 9.14. The maximum Gasteiger partial charge on any atom is 0.0111 e. The van der Waals surface area contributed by atoms with Crippen LogP contribution < -0.4 is 5.32 Å². The zero-order valence-corrected chi connectivity index (χ0v) is 10.9. The van der Waals surface area contributed by atoms with E-state index in [9.17, 15) is 0 Å². The molecule has 0 spiro atoms. The second-order valence-corrected chi connectivity index (χ2v) is 6.00. The molecule has 3 heteroatoms. The molecule has 1 N–H and O–H groups in total. The van der Waals surface area contributed by atoms with E-state index in [0.717, 1.165) is 18.1 Å². The Labute approximate surface area is 98.2 Å². The van der Waals surface area contributed by atoms with Crippen molar-refractivity contribution in [3.8, 4) is 0 Å². The Balaban J connectivity index is 1.68. The molecule has 2 nitrogen and oxygen atoms in total. The SMILES string of the molecule is CSCCCNC1CC2CCC(C1)N2C. The molecule has 2 fully saturated rings. The van der Waals surface area contributed by atoms with E-state index in [1.807, 2.05) is 11.8 Å². The molecule has 0 aromatic carbocycles. The first-order valence-electron chi connectivity index (χ1n) is 6.25. The molecule has 2 atom stereocenters. The van der Waals surface area contributed by atoms with Crippen LogP contribution in [0.15, 0.2) is 0 Å². The van der Waals surface area contributed by atoms with Crippen LogP contribution in [-0.2, 0) is 0 Å². The van der Waals surface area contributed by atoms with Crippen molar-refractivity contribution in [3.63, 3.8) is 0 Å². The highest BCUT2D eigenvalue weighted by atomic mass is 32.2. The lowest BCUT2D eigenvalue weighted by Crippen LogP contribution is -2.47. The van der Waals surface area contributed by atoms with Gasteiger partial charge in [0.2, 0.25) is 0 Å². The van der Waals surface area contributed by atoms with Crippen molar-refractivity contribution in [3.05, 3.63) is 0 Å². The zero-order chi connectivity index (χ0) is 10.7. The predicted octanol–water partition coefficient (Wildman–Crippen LogP) is 1.95. The summed E-state index contributed by atoms with van der Waals surface area (Å²) in [5.74, 6) is 1.30. The van der Waals surface area contributed by atoms with Crippen molar-refractivity contribution in [2.45, 2.75) is 50.2 Å². The summed E-state index contributed by atoms with van der Waals surface area (Å²) < 4.78 is 0. The van der Waals surface area contributed by atoms with Gasteiger partial charge in [-0.15, -0.1) is 0 Å². The second-order valence-electron chi connectivity index (χ2n) is 5.02. The summed E-state index contributed by atoms with van der Waals surface area (Å²) in [6.45, 7) is 1.22. The van der Waals surface area contributed by atoms with Crippen LogP contribution in [-0.4, -0.2) is 48.6 Å². The minimum absolute atomic E-state index is 0.806. The van der Waals surface area contributed by atoms with Gasteiger partial charge in [-0.2, -0.15) is 11.8 Å². The third-order valence-electron chi connectivity index (χ3n) is 4.06. The number of hydrogen-bond acceptors (Lipinski definition) is 3. The molecule has 2 heterocycles. The number of hydrogen-bond donors (Lipinski definition) is 1. The Bertz CT molecular complexity index is 184. The monoisotopic (exact) mass is 228 g/mol. The van der Waals surface area contributed by atoms with Crippen molar-refractivity contribution in [2.24, 2.45) is 0 Å². The largest absolute Gasteiger partial charge is 0.314 e. The van der Waals surface area contributed by atoms with Gasteiger partial charge in [0.25, 0.3) is 0 Å². The lowest BCUT2D eigenvalue weighted by molar-refractivity contribution is 0.149. The van der Waals surface area contributed by atoms with Crippen LogP contribution in [0.25, 0.3) is 0 Å². The van der Waals surface area contributed by atoms with Gasteiger partial charge in [0.05, 0.1) is 0 Å². The van der Waals surface area contributed by atoms with Crippen molar-refractivity contribution in [2.75, 3.05) is 25.6 Å². The molecule has 88 valence electrons. The van der Waals surface area contributed by atoms with Crippen LogP contribution in [0.4, 0.5) is 0 Å². The van der Waals surface area contributed by atoms with Crippen LogP contribution in [0.5, 0.6) is 0 Å². The van der Waals surface area contributed by atoms with E-state index in [4.69, 9.17) is 0 Å². The molecule has 0 saturated carbocycles. The fourth-order valence-electron chi connectivity index (χ4n) is 3.10. The molecule has 0 amide bonds. The molecule has 0 aromatic rings. The molecular formula is C12H24N2S. The Kier molecular flexibility index (Phi) is 4.35. The molecule has 15 heavy (non-hydrogen) atoms. The lowest BCUT2D eigenvalue weighted by atomic mass is 9.98. The average molecular weight is 228 g/mol. The minimum atomic E-state index is 0.806. The fourth-order valence-corrected chi connectivity index (χ4v) is 3.53. The molecule has 0 radical (unpaired) electrons. The number of nitrogens with zero attached hydrogens (tertiary/aromatic N) is 1. The summed E-state index contributed by atoms with van der Waals surface area (Å²) in [4.78, 5) is 2.61. The second kappa shape index (κ2) is 5.55. The topological polar surface area (TPSA) is 15.3 Å². The molecule has 0 aromatic heterocycles. The normalized spacial score (nSPS) is 36.0. The summed E-state index contributed by atoms with van der Waals surface area (Å²) in [5.41, 5.74) is 0. The van der Waals surface area contributed by atoms with Gasteiger partial charge in [-0.1, -0.05) is 0 Å². The van der Waals surface area contributed by atoms with Gasteiger partial charge in [0.1, 0.15) is 0 Å². The maximum atomic E-state index is 3.74. The Morgan fingerprint density at radius 3 is 2.53 bits per heavy atom. The molecule has 2 saturated heterocycles. The van der Waals surface area contributed by atoms with E-state index in [1.54, 1.807) is 0 Å². The van der Waals surface area contributed by atoms with E-state index in [2.05, 4.69) is 23.5 Å². The maximum absolute atomic E-state index is 3.74. The molecule has 2 rings (SSSR count). The number of fused-ring (bicyclic) bond motifs is 2. The van der Waals surface area contributed by atoms with Gasteiger partial charge in [0.15, 0.2) is 0 Å². The van der Waals surface area contributed by atoms with Crippen molar-refractivity contribution >= 4 is 11.8 Å². The van der Waals surface area contributed by atoms with E-state index >= 15 is 0 Å². The summed E-state index contributed by atoms with van der Waals surface area (Å²) in [7, 11) is 2.31. The molecule has 0 aliphatic carbocycles. The standard InChI is InChI=1S/C12H24N2S/c1-14-11-4-5-12(14)9-10(8-11)13-6-3-7-15-2/h10-13H,3-9H2,1-2H3. The Morgan fingerprint density at radius 2 is 1.93 bits per heavy atom. The Hall–Kier alpha value is 0.270. The van der Waals surface area contributed by atoms with Crippen LogP contribution in [0.1, 0.15) is 32.1 Å². The van der Waals surface area contributed by atoms with Crippen LogP contribution in [0.2, 0.25) is 0 Å². The van der Waals surface area contributed by atoms with Crippen LogP contribution >= 0.6 is 11.8 Å². The van der Waals surface area contributed by atoms with Gasteiger partial charge in [0, 0.05) is 18.1 Å². The molecule has 2 unspecified atom stereocenters. The number of piperidine rings is 1.